The highest BCUT2D eigenvalue weighted by Crippen LogP contribution is 2.48. The Kier molecular flexibility index (Phi) is 6.10. The summed E-state index contributed by atoms with van der Waals surface area (Å²) in [6, 6.07) is 0. The summed E-state index contributed by atoms with van der Waals surface area (Å²) >= 11 is 0. The molecule has 2 bridgehead atoms. The first-order valence-corrected chi connectivity index (χ1v) is 9.06. The second-order valence-corrected chi connectivity index (χ2v) is 7.49. The molecule has 3 rings (SSSR count). The van der Waals surface area contributed by atoms with Gasteiger partial charge in [-0.05, 0) is 37.0 Å². The first-order chi connectivity index (χ1) is 10.7. The number of nitrogens with zero attached hydrogens (tertiary/aromatic N) is 2. The number of hydrogen-bond donors (Lipinski definition) is 2. The van der Waals surface area contributed by atoms with Crippen molar-refractivity contribution in [1.29, 1.82) is 0 Å². The van der Waals surface area contributed by atoms with Gasteiger partial charge in [-0.25, -0.2) is 0 Å². The normalized spacial score (nSPS) is 34.4. The molecule has 2 N–H and O–H groups in total. The van der Waals surface area contributed by atoms with Crippen molar-refractivity contribution in [3.63, 3.8) is 0 Å². The molecule has 1 saturated heterocycles. The van der Waals surface area contributed by atoms with Crippen LogP contribution in [0.3, 0.4) is 0 Å². The van der Waals surface area contributed by atoms with Crippen LogP contribution < -0.4 is 0 Å². The Labute approximate surface area is 134 Å². The van der Waals surface area contributed by atoms with Gasteiger partial charge < -0.3 is 14.9 Å². The van der Waals surface area contributed by atoms with Gasteiger partial charge in [-0.15, -0.1) is 0 Å². The third-order valence-electron chi connectivity index (χ3n) is 5.88. The van der Waals surface area contributed by atoms with Gasteiger partial charge in [0.2, 0.25) is 0 Å². The predicted octanol–water partition coefficient (Wildman–Crippen LogP) is 0.410. The first kappa shape index (κ1) is 16.7. The van der Waals surface area contributed by atoms with Gasteiger partial charge in [0, 0.05) is 45.9 Å². The van der Waals surface area contributed by atoms with Crippen molar-refractivity contribution in [3.05, 3.63) is 0 Å². The van der Waals surface area contributed by atoms with Gasteiger partial charge in [0.05, 0.1) is 19.3 Å². The van der Waals surface area contributed by atoms with Crippen LogP contribution in [-0.2, 0) is 4.74 Å². The average Bonchev–Trinajstić information content (AvgIpc) is 3.12. The van der Waals surface area contributed by atoms with Gasteiger partial charge in [0.15, 0.2) is 0 Å². The van der Waals surface area contributed by atoms with Crippen LogP contribution in [0.5, 0.6) is 0 Å². The maximum absolute atomic E-state index is 10.2. The summed E-state index contributed by atoms with van der Waals surface area (Å²) in [6.07, 6.45) is 5.25. The van der Waals surface area contributed by atoms with Crippen LogP contribution in [0.4, 0.5) is 0 Å². The highest BCUT2D eigenvalue weighted by atomic mass is 16.5. The monoisotopic (exact) mass is 312 g/mol. The Morgan fingerprint density at radius 1 is 1.05 bits per heavy atom. The molecule has 3 fully saturated rings. The SMILES string of the molecule is OCCN1CCN(C[C@H](O)COC[C@@H]2C[C@H]3CC[C@H]2C3)CC1. The van der Waals surface area contributed by atoms with Crippen molar-refractivity contribution in [2.45, 2.75) is 31.8 Å². The molecule has 3 aliphatic rings. The largest absolute Gasteiger partial charge is 0.395 e. The van der Waals surface area contributed by atoms with E-state index in [2.05, 4.69) is 9.80 Å². The van der Waals surface area contributed by atoms with E-state index in [-0.39, 0.29) is 12.7 Å². The highest BCUT2D eigenvalue weighted by molar-refractivity contribution is 4.89. The zero-order valence-electron chi connectivity index (χ0n) is 13.7. The van der Waals surface area contributed by atoms with Crippen LogP contribution >= 0.6 is 0 Å². The summed E-state index contributed by atoms with van der Waals surface area (Å²) in [5.41, 5.74) is 0. The molecule has 0 spiro atoms. The number of β-amino-alcohol motifs (C(OH)–C–C–N with tert-alkyl or cyclic N) is 2. The number of hydrogen-bond acceptors (Lipinski definition) is 5. The van der Waals surface area contributed by atoms with Crippen LogP contribution in [0.2, 0.25) is 0 Å². The number of ether oxygens (including phenoxy) is 1. The molecule has 5 heteroatoms. The van der Waals surface area contributed by atoms with Crippen LogP contribution in [-0.4, -0.2) is 85.2 Å². The van der Waals surface area contributed by atoms with E-state index in [1.165, 1.54) is 25.7 Å². The summed E-state index contributed by atoms with van der Waals surface area (Å²) in [5.74, 6) is 2.63. The lowest BCUT2D eigenvalue weighted by atomic mass is 9.90. The topological polar surface area (TPSA) is 56.2 Å². The molecule has 2 aliphatic carbocycles. The van der Waals surface area contributed by atoms with E-state index in [1.54, 1.807) is 0 Å². The number of rotatable bonds is 8. The maximum Gasteiger partial charge on any atom is 0.0900 e. The van der Waals surface area contributed by atoms with Crippen LogP contribution in [0.25, 0.3) is 0 Å². The fraction of sp³-hybridized carbons (Fsp3) is 1.00. The summed E-state index contributed by atoms with van der Waals surface area (Å²) in [6.45, 7) is 6.96. The van der Waals surface area contributed by atoms with Gasteiger partial charge >= 0.3 is 0 Å². The minimum Gasteiger partial charge on any atom is -0.395 e. The molecule has 0 unspecified atom stereocenters. The van der Waals surface area contributed by atoms with Crippen molar-refractivity contribution in [3.8, 4) is 0 Å². The third kappa shape index (κ3) is 4.42. The van der Waals surface area contributed by atoms with Gasteiger partial charge in [-0.1, -0.05) is 6.42 Å². The molecule has 0 aromatic heterocycles. The second kappa shape index (κ2) is 8.06. The molecule has 2 saturated carbocycles. The minimum absolute atomic E-state index is 0.236. The van der Waals surface area contributed by atoms with E-state index >= 15 is 0 Å². The minimum atomic E-state index is -0.372. The van der Waals surface area contributed by atoms with E-state index in [4.69, 9.17) is 9.84 Å². The molecule has 0 aromatic carbocycles. The zero-order chi connectivity index (χ0) is 15.4. The second-order valence-electron chi connectivity index (χ2n) is 7.49. The number of aliphatic hydroxyl groups is 2. The summed E-state index contributed by atoms with van der Waals surface area (Å²) in [5, 5.41) is 19.1. The lowest BCUT2D eigenvalue weighted by Crippen LogP contribution is -2.49. The lowest BCUT2D eigenvalue weighted by molar-refractivity contribution is -0.00919. The van der Waals surface area contributed by atoms with Gasteiger partial charge in [-0.2, -0.15) is 0 Å². The summed E-state index contributed by atoms with van der Waals surface area (Å²) < 4.78 is 5.81. The standard InChI is InChI=1S/C17H32N2O3/c20-8-7-18-3-5-19(6-4-18)11-17(21)13-22-12-16-10-14-1-2-15(16)9-14/h14-17,20-21H,1-13H2/t14-,15-,16-,17-/m0/s1. The Hall–Kier alpha value is -0.200. The number of piperazine rings is 1. The fourth-order valence-corrected chi connectivity index (χ4v) is 4.62. The molecule has 0 radical (unpaired) electrons. The zero-order valence-corrected chi connectivity index (χ0v) is 13.7. The summed E-state index contributed by atoms with van der Waals surface area (Å²) in [7, 11) is 0. The molecule has 0 amide bonds. The first-order valence-electron chi connectivity index (χ1n) is 9.06. The van der Waals surface area contributed by atoms with Crippen molar-refractivity contribution < 1.29 is 14.9 Å². The van der Waals surface area contributed by atoms with Crippen LogP contribution in [0.1, 0.15) is 25.7 Å². The van der Waals surface area contributed by atoms with E-state index < -0.39 is 0 Å². The van der Waals surface area contributed by atoms with E-state index in [0.29, 0.717) is 13.2 Å². The van der Waals surface area contributed by atoms with Crippen LogP contribution in [0, 0.1) is 17.8 Å². The average molecular weight is 312 g/mol. The van der Waals surface area contributed by atoms with E-state index in [0.717, 1.165) is 57.1 Å². The summed E-state index contributed by atoms with van der Waals surface area (Å²) in [4.78, 5) is 4.58. The van der Waals surface area contributed by atoms with Crippen molar-refractivity contribution in [2.24, 2.45) is 17.8 Å². The Morgan fingerprint density at radius 2 is 1.82 bits per heavy atom. The lowest BCUT2D eigenvalue weighted by Gasteiger charge is -2.35. The van der Waals surface area contributed by atoms with Crippen molar-refractivity contribution in [2.75, 3.05) is 59.1 Å². The molecule has 1 heterocycles. The van der Waals surface area contributed by atoms with Crippen LogP contribution in [0.15, 0.2) is 0 Å². The molecule has 128 valence electrons. The Balaban J connectivity index is 1.26. The van der Waals surface area contributed by atoms with Gasteiger partial charge in [0.25, 0.3) is 0 Å². The smallest absolute Gasteiger partial charge is 0.0900 e. The number of aliphatic hydroxyl groups excluding tert-OH is 2. The van der Waals surface area contributed by atoms with Gasteiger partial charge in [0.1, 0.15) is 0 Å². The molecular formula is C17H32N2O3. The molecular weight excluding hydrogens is 280 g/mol. The molecule has 1 aliphatic heterocycles. The quantitative estimate of drug-likeness (QED) is 0.680. The van der Waals surface area contributed by atoms with E-state index in [1.807, 2.05) is 0 Å². The molecule has 5 nitrogen and oxygen atoms in total. The Morgan fingerprint density at radius 3 is 2.45 bits per heavy atom. The molecule has 0 aromatic rings. The highest BCUT2D eigenvalue weighted by Gasteiger charge is 2.39. The van der Waals surface area contributed by atoms with Gasteiger partial charge in [-0.3, -0.25) is 9.80 Å². The van der Waals surface area contributed by atoms with Crippen molar-refractivity contribution >= 4 is 0 Å². The molecule has 4 atom stereocenters. The maximum atomic E-state index is 10.2. The van der Waals surface area contributed by atoms with Crippen molar-refractivity contribution in [1.82, 2.24) is 9.80 Å². The third-order valence-corrected chi connectivity index (χ3v) is 5.88. The molecule has 22 heavy (non-hydrogen) atoms. The predicted molar refractivity (Wildman–Crippen MR) is 85.7 cm³/mol. The number of fused-ring (bicyclic) bond motifs is 2. The fourth-order valence-electron chi connectivity index (χ4n) is 4.62. The Bertz CT molecular complexity index is 334. The van der Waals surface area contributed by atoms with E-state index in [9.17, 15) is 5.11 Å².